The molecule has 28 heavy (non-hydrogen) atoms. The third kappa shape index (κ3) is 2.66. The third-order valence-electron chi connectivity index (χ3n) is 5.59. The third-order valence-corrected chi connectivity index (χ3v) is 5.59. The molecule has 1 aromatic heterocycles. The van der Waals surface area contributed by atoms with Crippen LogP contribution in [0.5, 0.6) is 0 Å². The van der Waals surface area contributed by atoms with Gasteiger partial charge < -0.3 is 9.47 Å². The van der Waals surface area contributed by atoms with Crippen LogP contribution in [0.2, 0.25) is 0 Å². The van der Waals surface area contributed by atoms with Gasteiger partial charge in [-0.2, -0.15) is 0 Å². The second-order valence-electron chi connectivity index (χ2n) is 7.21. The molecule has 0 radical (unpaired) electrons. The van der Waals surface area contributed by atoms with Crippen LogP contribution in [0.25, 0.3) is 22.2 Å². The number of aryl methyl sites for hydroxylation is 1. The molecule has 1 aliphatic carbocycles. The average molecular weight is 375 g/mol. The molecule has 0 aliphatic heterocycles. The molecule has 0 spiro atoms. The molecule has 1 heterocycles. The Morgan fingerprint density at radius 2 is 1.64 bits per heavy atom. The summed E-state index contributed by atoms with van der Waals surface area (Å²) in [5.41, 5.74) is 4.13. The quantitative estimate of drug-likeness (QED) is 0.516. The lowest BCUT2D eigenvalue weighted by Gasteiger charge is -2.34. The van der Waals surface area contributed by atoms with Crippen molar-refractivity contribution in [1.29, 1.82) is 0 Å². The van der Waals surface area contributed by atoms with Crippen LogP contribution in [0.15, 0.2) is 48.5 Å². The molecule has 5 heteroatoms. The first kappa shape index (κ1) is 18.2. The maximum absolute atomic E-state index is 12.7. The minimum Gasteiger partial charge on any atom is -0.468 e. The number of hydrogen-bond acceptors (Lipinski definition) is 5. The van der Waals surface area contributed by atoms with Crippen LogP contribution in [0.3, 0.4) is 0 Å². The number of aromatic nitrogens is 1. The monoisotopic (exact) mass is 375 g/mol. The van der Waals surface area contributed by atoms with Gasteiger partial charge in [-0.25, -0.2) is 4.98 Å². The fourth-order valence-electron chi connectivity index (χ4n) is 4.17. The Hall–Kier alpha value is -3.21. The number of esters is 2. The molecule has 0 amide bonds. The highest BCUT2D eigenvalue weighted by molar-refractivity contribution is 6.04. The van der Waals surface area contributed by atoms with Gasteiger partial charge in [0, 0.05) is 23.8 Å². The fourth-order valence-corrected chi connectivity index (χ4v) is 4.17. The largest absolute Gasteiger partial charge is 0.468 e. The van der Waals surface area contributed by atoms with E-state index >= 15 is 0 Å². The van der Waals surface area contributed by atoms with E-state index < -0.39 is 17.4 Å². The summed E-state index contributed by atoms with van der Waals surface area (Å²) in [4.78, 5) is 30.3. The Balaban J connectivity index is 1.99. The van der Waals surface area contributed by atoms with E-state index in [0.29, 0.717) is 0 Å². The smallest absolute Gasteiger partial charge is 0.323 e. The number of carbonyl (C=O) groups excluding carboxylic acids is 2. The molecule has 1 aliphatic rings. The minimum absolute atomic E-state index is 0.224. The molecule has 0 saturated carbocycles. The van der Waals surface area contributed by atoms with Gasteiger partial charge in [0.2, 0.25) is 0 Å². The van der Waals surface area contributed by atoms with Crippen molar-refractivity contribution in [3.8, 4) is 11.3 Å². The molecule has 0 unspecified atom stereocenters. The first-order valence-electron chi connectivity index (χ1n) is 9.14. The van der Waals surface area contributed by atoms with Gasteiger partial charge >= 0.3 is 11.9 Å². The molecule has 4 rings (SSSR count). The van der Waals surface area contributed by atoms with Gasteiger partial charge in [0.05, 0.1) is 25.4 Å². The van der Waals surface area contributed by atoms with E-state index in [1.54, 1.807) is 0 Å². The van der Waals surface area contributed by atoms with Crippen molar-refractivity contribution in [3.05, 3.63) is 65.2 Å². The summed E-state index contributed by atoms with van der Waals surface area (Å²) in [5, 5.41) is 1.02. The summed E-state index contributed by atoms with van der Waals surface area (Å²) in [5.74, 6) is -1.14. The van der Waals surface area contributed by atoms with Gasteiger partial charge in [0.1, 0.15) is 0 Å². The Labute approximate surface area is 163 Å². The van der Waals surface area contributed by atoms with Gasteiger partial charge in [0.15, 0.2) is 5.41 Å². The summed E-state index contributed by atoms with van der Waals surface area (Å²) in [7, 11) is 2.61. The Bertz CT molecular complexity index is 1070. The number of benzene rings is 2. The topological polar surface area (TPSA) is 65.5 Å². The predicted molar refractivity (Wildman–Crippen MR) is 106 cm³/mol. The van der Waals surface area contributed by atoms with E-state index in [9.17, 15) is 9.59 Å². The molecular weight excluding hydrogens is 354 g/mol. The van der Waals surface area contributed by atoms with Crippen molar-refractivity contribution < 1.29 is 19.1 Å². The number of carbonyl (C=O) groups is 2. The first-order chi connectivity index (χ1) is 13.5. The zero-order chi connectivity index (χ0) is 19.9. The minimum atomic E-state index is -1.38. The van der Waals surface area contributed by atoms with E-state index in [1.165, 1.54) is 14.2 Å². The number of hydrogen-bond donors (Lipinski definition) is 0. The maximum atomic E-state index is 12.7. The van der Waals surface area contributed by atoms with Crippen LogP contribution in [0.1, 0.15) is 16.7 Å². The molecule has 0 atom stereocenters. The lowest BCUT2D eigenvalue weighted by Crippen LogP contribution is -2.46. The van der Waals surface area contributed by atoms with Crippen LogP contribution in [-0.4, -0.2) is 31.1 Å². The molecule has 0 bridgehead atoms. The Morgan fingerprint density at radius 3 is 2.29 bits per heavy atom. The fraction of sp³-hybridized carbons (Fsp3) is 0.261. The van der Waals surface area contributed by atoms with E-state index in [2.05, 4.69) is 0 Å². The molecule has 0 fully saturated rings. The standard InChI is InChI=1S/C23H21NO4/c1-14-9-10-18-20-16(11-19(24-18)15-7-5-4-6-8-15)12-23(13-17(14)20,21(25)27-2)22(26)28-3/h4-11H,12-13H2,1-3H3. The van der Waals surface area contributed by atoms with Gasteiger partial charge in [-0.05, 0) is 35.7 Å². The lowest BCUT2D eigenvalue weighted by molar-refractivity contribution is -0.169. The molecular formula is C23H21NO4. The number of pyridine rings is 1. The lowest BCUT2D eigenvalue weighted by atomic mass is 9.70. The van der Waals surface area contributed by atoms with E-state index in [-0.39, 0.29) is 12.8 Å². The SMILES string of the molecule is COC(=O)C1(C(=O)OC)Cc2cc(-c3ccccc3)nc3ccc(C)c(c23)C1. The number of nitrogens with zero attached hydrogens (tertiary/aromatic N) is 1. The Kier molecular flexibility index (Phi) is 4.38. The second kappa shape index (κ2) is 6.75. The van der Waals surface area contributed by atoms with Crippen LogP contribution in [0, 0.1) is 12.3 Å². The van der Waals surface area contributed by atoms with Crippen molar-refractivity contribution in [2.45, 2.75) is 19.8 Å². The van der Waals surface area contributed by atoms with Crippen molar-refractivity contribution in [3.63, 3.8) is 0 Å². The number of ether oxygens (including phenoxy) is 2. The highest BCUT2D eigenvalue weighted by Crippen LogP contribution is 2.42. The van der Waals surface area contributed by atoms with Crippen LogP contribution in [0.4, 0.5) is 0 Å². The van der Waals surface area contributed by atoms with Crippen LogP contribution >= 0.6 is 0 Å². The summed E-state index contributed by atoms with van der Waals surface area (Å²) in [6, 6.07) is 15.8. The number of rotatable bonds is 3. The first-order valence-corrected chi connectivity index (χ1v) is 9.14. The van der Waals surface area contributed by atoms with Gasteiger partial charge in [-0.1, -0.05) is 36.4 Å². The number of methoxy groups -OCH3 is 2. The van der Waals surface area contributed by atoms with E-state index in [1.807, 2.05) is 55.5 Å². The van der Waals surface area contributed by atoms with Gasteiger partial charge in [-0.15, -0.1) is 0 Å². The molecule has 0 saturated heterocycles. The highest BCUT2D eigenvalue weighted by atomic mass is 16.5. The zero-order valence-corrected chi connectivity index (χ0v) is 16.1. The van der Waals surface area contributed by atoms with Crippen LogP contribution < -0.4 is 0 Å². The maximum Gasteiger partial charge on any atom is 0.323 e. The molecule has 0 N–H and O–H groups in total. The van der Waals surface area contributed by atoms with Crippen molar-refractivity contribution in [2.24, 2.45) is 5.41 Å². The van der Waals surface area contributed by atoms with Gasteiger partial charge in [0.25, 0.3) is 0 Å². The summed E-state index contributed by atoms with van der Waals surface area (Å²) in [6.45, 7) is 1.98. The van der Waals surface area contributed by atoms with Crippen molar-refractivity contribution in [2.75, 3.05) is 14.2 Å². The summed E-state index contributed by atoms with van der Waals surface area (Å²) in [6.07, 6.45) is 0.469. The van der Waals surface area contributed by atoms with Crippen LogP contribution in [-0.2, 0) is 31.9 Å². The summed E-state index contributed by atoms with van der Waals surface area (Å²) >= 11 is 0. The molecule has 5 nitrogen and oxygen atoms in total. The van der Waals surface area contributed by atoms with Gasteiger partial charge in [-0.3, -0.25) is 9.59 Å². The highest BCUT2D eigenvalue weighted by Gasteiger charge is 2.51. The van der Waals surface area contributed by atoms with Crippen molar-refractivity contribution in [1.82, 2.24) is 4.98 Å². The Morgan fingerprint density at radius 1 is 0.964 bits per heavy atom. The normalized spacial score (nSPS) is 14.5. The zero-order valence-electron chi connectivity index (χ0n) is 16.1. The average Bonchev–Trinajstić information content (AvgIpc) is 2.74. The second-order valence-corrected chi connectivity index (χ2v) is 7.21. The predicted octanol–water partition coefficient (Wildman–Crippen LogP) is 3.64. The van der Waals surface area contributed by atoms with Crippen molar-refractivity contribution >= 4 is 22.8 Å². The molecule has 142 valence electrons. The van der Waals surface area contributed by atoms with E-state index in [0.717, 1.165) is 38.9 Å². The molecule has 3 aromatic rings. The summed E-state index contributed by atoms with van der Waals surface area (Å²) < 4.78 is 10.1. The molecule has 2 aromatic carbocycles. The van der Waals surface area contributed by atoms with E-state index in [4.69, 9.17) is 14.5 Å².